The molecule has 106 valence electrons. The van der Waals surface area contributed by atoms with E-state index in [1.165, 1.54) is 6.20 Å². The lowest BCUT2D eigenvalue weighted by atomic mass is 10.3. The molecular formula is C12H11ClFN3O2S. The van der Waals surface area contributed by atoms with E-state index < -0.39 is 20.7 Å². The van der Waals surface area contributed by atoms with E-state index in [-0.39, 0.29) is 16.5 Å². The number of benzene rings is 1. The maximum atomic E-state index is 13.9. The summed E-state index contributed by atoms with van der Waals surface area (Å²) in [6.07, 6.45) is 1.42. The fraction of sp³-hybridized carbons (Fsp3) is 0.0833. The van der Waals surface area contributed by atoms with Gasteiger partial charge in [0, 0.05) is 11.9 Å². The van der Waals surface area contributed by atoms with E-state index in [2.05, 4.69) is 9.71 Å². The minimum atomic E-state index is -4.16. The van der Waals surface area contributed by atoms with Crippen LogP contribution in [0.5, 0.6) is 0 Å². The van der Waals surface area contributed by atoms with Gasteiger partial charge in [-0.05, 0) is 30.7 Å². The van der Waals surface area contributed by atoms with Crippen LogP contribution in [-0.2, 0) is 10.0 Å². The van der Waals surface area contributed by atoms with Crippen molar-refractivity contribution in [2.45, 2.75) is 11.8 Å². The van der Waals surface area contributed by atoms with Crippen LogP contribution in [0.4, 0.5) is 15.9 Å². The first-order chi connectivity index (χ1) is 9.31. The van der Waals surface area contributed by atoms with Gasteiger partial charge in [0.05, 0.1) is 5.02 Å². The summed E-state index contributed by atoms with van der Waals surface area (Å²) in [5.41, 5.74) is 6.14. The zero-order chi connectivity index (χ0) is 14.9. The van der Waals surface area contributed by atoms with Crippen LogP contribution in [0.1, 0.15) is 5.56 Å². The standard InChI is InChI=1S/C12H11ClFN3O2S/c1-7-3-2-4-16-12(7)17-20(18,19)10-6-8(15)5-9(13)11(10)14/h2-6H,15H2,1H3,(H,16,17). The zero-order valence-electron chi connectivity index (χ0n) is 10.4. The van der Waals surface area contributed by atoms with Crippen LogP contribution in [0.15, 0.2) is 35.4 Å². The first kappa shape index (κ1) is 14.5. The second kappa shape index (κ2) is 5.26. The number of nitrogen functional groups attached to an aromatic ring is 1. The molecule has 1 aromatic heterocycles. The number of sulfonamides is 1. The molecule has 0 aliphatic rings. The van der Waals surface area contributed by atoms with Crippen molar-refractivity contribution in [1.82, 2.24) is 4.98 Å². The van der Waals surface area contributed by atoms with E-state index in [0.717, 1.165) is 12.1 Å². The summed E-state index contributed by atoms with van der Waals surface area (Å²) in [6.45, 7) is 1.67. The SMILES string of the molecule is Cc1cccnc1NS(=O)(=O)c1cc(N)cc(Cl)c1F. The summed E-state index contributed by atoms with van der Waals surface area (Å²) < 4.78 is 40.4. The molecule has 0 saturated heterocycles. The lowest BCUT2D eigenvalue weighted by Crippen LogP contribution is -2.16. The highest BCUT2D eigenvalue weighted by molar-refractivity contribution is 7.92. The van der Waals surface area contributed by atoms with Gasteiger partial charge in [0.25, 0.3) is 10.0 Å². The number of pyridine rings is 1. The number of anilines is 2. The van der Waals surface area contributed by atoms with Gasteiger partial charge in [-0.25, -0.2) is 17.8 Å². The fourth-order valence-corrected chi connectivity index (χ4v) is 3.05. The molecule has 1 heterocycles. The van der Waals surface area contributed by atoms with Gasteiger partial charge in [0.15, 0.2) is 5.82 Å². The van der Waals surface area contributed by atoms with Crippen molar-refractivity contribution >= 4 is 33.1 Å². The number of aryl methyl sites for hydroxylation is 1. The fourth-order valence-electron chi connectivity index (χ4n) is 1.55. The Hall–Kier alpha value is -1.86. The summed E-state index contributed by atoms with van der Waals surface area (Å²) in [5, 5.41) is -0.358. The summed E-state index contributed by atoms with van der Waals surface area (Å²) in [7, 11) is -4.16. The summed E-state index contributed by atoms with van der Waals surface area (Å²) in [5.74, 6) is -0.938. The van der Waals surface area contributed by atoms with Gasteiger partial charge in [-0.3, -0.25) is 4.72 Å². The number of hydrogen-bond donors (Lipinski definition) is 2. The average Bonchev–Trinajstić information content (AvgIpc) is 2.36. The number of nitrogens with one attached hydrogen (secondary N) is 1. The van der Waals surface area contributed by atoms with Crippen LogP contribution < -0.4 is 10.5 Å². The van der Waals surface area contributed by atoms with Crippen molar-refractivity contribution in [3.05, 3.63) is 46.9 Å². The molecule has 0 aliphatic carbocycles. The van der Waals surface area contributed by atoms with Crippen molar-refractivity contribution in [2.24, 2.45) is 0 Å². The lowest BCUT2D eigenvalue weighted by molar-refractivity contribution is 0.570. The second-order valence-corrected chi connectivity index (χ2v) is 6.15. The molecule has 0 saturated carbocycles. The van der Waals surface area contributed by atoms with Crippen LogP contribution in [0.3, 0.4) is 0 Å². The Morgan fingerprint density at radius 2 is 2.10 bits per heavy atom. The number of nitrogens with two attached hydrogens (primary N) is 1. The number of rotatable bonds is 3. The maximum Gasteiger partial charge on any atom is 0.266 e. The average molecular weight is 316 g/mol. The number of aromatic nitrogens is 1. The van der Waals surface area contributed by atoms with E-state index in [1.54, 1.807) is 19.1 Å². The van der Waals surface area contributed by atoms with Crippen LogP contribution in [-0.4, -0.2) is 13.4 Å². The normalized spacial score (nSPS) is 11.3. The highest BCUT2D eigenvalue weighted by Crippen LogP contribution is 2.27. The van der Waals surface area contributed by atoms with Crippen molar-refractivity contribution in [2.75, 3.05) is 10.5 Å². The molecule has 3 N–H and O–H groups in total. The molecule has 8 heteroatoms. The third-order valence-corrected chi connectivity index (χ3v) is 4.16. The van der Waals surface area contributed by atoms with Crippen LogP contribution in [0, 0.1) is 12.7 Å². The van der Waals surface area contributed by atoms with E-state index in [4.69, 9.17) is 17.3 Å². The van der Waals surface area contributed by atoms with E-state index in [9.17, 15) is 12.8 Å². The Balaban J connectivity index is 2.49. The molecule has 2 rings (SSSR count). The molecular weight excluding hydrogens is 305 g/mol. The maximum absolute atomic E-state index is 13.9. The monoisotopic (exact) mass is 315 g/mol. The Labute approximate surface area is 120 Å². The number of halogens is 2. The van der Waals surface area contributed by atoms with E-state index in [1.807, 2.05) is 0 Å². The lowest BCUT2D eigenvalue weighted by Gasteiger charge is -2.11. The van der Waals surface area contributed by atoms with Gasteiger partial charge >= 0.3 is 0 Å². The van der Waals surface area contributed by atoms with Crippen LogP contribution in [0.2, 0.25) is 5.02 Å². The molecule has 1 aromatic carbocycles. The molecule has 0 aliphatic heterocycles. The molecule has 2 aromatic rings. The highest BCUT2D eigenvalue weighted by atomic mass is 35.5. The summed E-state index contributed by atoms with van der Waals surface area (Å²) >= 11 is 5.60. The largest absolute Gasteiger partial charge is 0.399 e. The zero-order valence-corrected chi connectivity index (χ0v) is 12.0. The molecule has 0 radical (unpaired) electrons. The Kier molecular flexibility index (Phi) is 3.82. The second-order valence-electron chi connectivity index (χ2n) is 4.09. The molecule has 20 heavy (non-hydrogen) atoms. The van der Waals surface area contributed by atoms with E-state index in [0.29, 0.717) is 5.56 Å². The van der Waals surface area contributed by atoms with Crippen LogP contribution >= 0.6 is 11.6 Å². The van der Waals surface area contributed by atoms with Gasteiger partial charge in [-0.15, -0.1) is 0 Å². The Morgan fingerprint density at radius 1 is 1.40 bits per heavy atom. The molecule has 0 bridgehead atoms. The third kappa shape index (κ3) is 2.83. The first-order valence-electron chi connectivity index (χ1n) is 5.50. The van der Waals surface area contributed by atoms with Crippen molar-refractivity contribution in [1.29, 1.82) is 0 Å². The molecule has 0 fully saturated rings. The Morgan fingerprint density at radius 3 is 2.75 bits per heavy atom. The summed E-state index contributed by atoms with van der Waals surface area (Å²) in [6, 6.07) is 5.47. The topological polar surface area (TPSA) is 85.1 Å². The molecule has 0 spiro atoms. The molecule has 0 atom stereocenters. The number of nitrogens with zero attached hydrogens (tertiary/aromatic N) is 1. The molecule has 5 nitrogen and oxygen atoms in total. The molecule has 0 unspecified atom stereocenters. The summed E-state index contributed by atoms with van der Waals surface area (Å²) in [4.78, 5) is 3.27. The van der Waals surface area contributed by atoms with Crippen LogP contribution in [0.25, 0.3) is 0 Å². The van der Waals surface area contributed by atoms with Gasteiger partial charge in [-0.1, -0.05) is 17.7 Å². The van der Waals surface area contributed by atoms with E-state index >= 15 is 0 Å². The number of hydrogen-bond acceptors (Lipinski definition) is 4. The quantitative estimate of drug-likeness (QED) is 0.852. The van der Waals surface area contributed by atoms with Gasteiger partial charge < -0.3 is 5.73 Å². The predicted molar refractivity (Wildman–Crippen MR) is 75.6 cm³/mol. The first-order valence-corrected chi connectivity index (χ1v) is 7.36. The van der Waals surface area contributed by atoms with Crippen molar-refractivity contribution in [3.8, 4) is 0 Å². The highest BCUT2D eigenvalue weighted by Gasteiger charge is 2.23. The van der Waals surface area contributed by atoms with Crippen molar-refractivity contribution in [3.63, 3.8) is 0 Å². The predicted octanol–water partition coefficient (Wildman–Crippen LogP) is 2.57. The minimum absolute atomic E-state index is 0.0505. The minimum Gasteiger partial charge on any atom is -0.399 e. The van der Waals surface area contributed by atoms with Crippen molar-refractivity contribution < 1.29 is 12.8 Å². The molecule has 0 amide bonds. The Bertz CT molecular complexity index is 765. The third-order valence-electron chi connectivity index (χ3n) is 2.55. The van der Waals surface area contributed by atoms with Gasteiger partial charge in [0.1, 0.15) is 10.7 Å². The smallest absolute Gasteiger partial charge is 0.266 e. The van der Waals surface area contributed by atoms with Gasteiger partial charge in [-0.2, -0.15) is 0 Å². The van der Waals surface area contributed by atoms with Gasteiger partial charge in [0.2, 0.25) is 0 Å².